The van der Waals surface area contributed by atoms with E-state index in [4.69, 9.17) is 5.11 Å². The maximum atomic E-state index is 8.63. The van der Waals surface area contributed by atoms with Gasteiger partial charge < -0.3 is 10.5 Å². The molecule has 0 bridgehead atoms. The lowest BCUT2D eigenvalue weighted by Crippen LogP contribution is -2.11. The average molecular weight is 344 g/mol. The minimum absolute atomic E-state index is 0.0708. The molecule has 2 aromatic rings. The molecule has 5 nitrogen and oxygen atoms in total. The van der Waals surface area contributed by atoms with Crippen molar-refractivity contribution in [1.82, 2.24) is 14.8 Å². The summed E-state index contributed by atoms with van der Waals surface area (Å²) in [6.07, 6.45) is 3.74. The maximum absolute atomic E-state index is 8.63. The number of hydrazone groups is 1. The van der Waals surface area contributed by atoms with Gasteiger partial charge in [0, 0.05) is 9.77 Å². The summed E-state index contributed by atoms with van der Waals surface area (Å²) >= 11 is 2.26. The Morgan fingerprint density at radius 2 is 2.41 bits per heavy atom. The number of rotatable bonds is 4. The zero-order chi connectivity index (χ0) is 12.3. The Balaban J connectivity index is 2.35. The Kier molecular flexibility index (Phi) is 3.95. The van der Waals surface area contributed by atoms with Crippen molar-refractivity contribution < 1.29 is 5.11 Å². The molecule has 0 unspecified atom stereocenters. The number of halogens is 1. The Bertz CT molecular complexity index is 550. The number of aryl methyl sites for hydroxylation is 1. The molecule has 0 aliphatic carbocycles. The molecular weight excluding hydrogens is 331 g/mol. The van der Waals surface area contributed by atoms with Crippen molar-refractivity contribution in [2.75, 3.05) is 13.2 Å². The van der Waals surface area contributed by atoms with Gasteiger partial charge in [-0.05, 0) is 41.6 Å². The highest BCUT2D eigenvalue weighted by molar-refractivity contribution is 14.1. The van der Waals surface area contributed by atoms with E-state index in [9.17, 15) is 0 Å². The van der Waals surface area contributed by atoms with Crippen LogP contribution in [0.1, 0.15) is 11.4 Å². The summed E-state index contributed by atoms with van der Waals surface area (Å²) in [6.45, 7) is 2.47. The first-order valence-corrected chi connectivity index (χ1v) is 6.31. The first-order valence-electron chi connectivity index (χ1n) is 5.23. The molecule has 0 saturated carbocycles. The van der Waals surface area contributed by atoms with E-state index in [1.54, 1.807) is 6.21 Å². The molecule has 0 aromatic carbocycles. The third-order valence-corrected chi connectivity index (χ3v) is 2.94. The van der Waals surface area contributed by atoms with Crippen LogP contribution in [0.4, 0.5) is 0 Å². The molecule has 6 heteroatoms. The summed E-state index contributed by atoms with van der Waals surface area (Å²) < 4.78 is 3.15. The highest BCUT2D eigenvalue weighted by atomic mass is 127. The Labute approximate surface area is 113 Å². The van der Waals surface area contributed by atoms with Gasteiger partial charge in [0.2, 0.25) is 0 Å². The quantitative estimate of drug-likeness (QED) is 0.379. The van der Waals surface area contributed by atoms with Crippen LogP contribution in [0.5, 0.6) is 0 Å². The van der Waals surface area contributed by atoms with E-state index in [-0.39, 0.29) is 6.61 Å². The molecule has 2 heterocycles. The van der Waals surface area contributed by atoms with Crippen molar-refractivity contribution in [3.8, 4) is 0 Å². The van der Waals surface area contributed by atoms with Gasteiger partial charge in [-0.25, -0.2) is 4.98 Å². The fourth-order valence-corrected chi connectivity index (χ4v) is 1.99. The second-order valence-electron chi connectivity index (χ2n) is 3.55. The fraction of sp³-hybridized carbons (Fsp3) is 0.273. The van der Waals surface area contributed by atoms with Gasteiger partial charge in [0.15, 0.2) is 0 Å². The number of hydrogen-bond acceptors (Lipinski definition) is 4. The number of imidazole rings is 1. The third kappa shape index (κ3) is 2.75. The van der Waals surface area contributed by atoms with Crippen LogP contribution in [0.3, 0.4) is 0 Å². The van der Waals surface area contributed by atoms with Gasteiger partial charge in [-0.15, -0.1) is 0 Å². The minimum Gasteiger partial charge on any atom is -0.394 e. The van der Waals surface area contributed by atoms with Crippen LogP contribution in [0.25, 0.3) is 5.65 Å². The van der Waals surface area contributed by atoms with Gasteiger partial charge in [-0.3, -0.25) is 4.40 Å². The number of aliphatic hydroxyl groups is 1. The van der Waals surface area contributed by atoms with Crippen molar-refractivity contribution in [3.05, 3.63) is 33.3 Å². The van der Waals surface area contributed by atoms with Gasteiger partial charge in [0.1, 0.15) is 5.65 Å². The number of aliphatic hydroxyl groups excluding tert-OH is 1. The monoisotopic (exact) mass is 344 g/mol. The molecule has 0 spiro atoms. The van der Waals surface area contributed by atoms with E-state index in [0.717, 1.165) is 20.6 Å². The topological polar surface area (TPSA) is 61.9 Å². The average Bonchev–Trinajstić information content (AvgIpc) is 2.61. The van der Waals surface area contributed by atoms with Crippen LogP contribution < -0.4 is 5.43 Å². The van der Waals surface area contributed by atoms with Gasteiger partial charge in [-0.2, -0.15) is 5.10 Å². The van der Waals surface area contributed by atoms with Crippen LogP contribution in [0.15, 0.2) is 23.4 Å². The molecule has 90 valence electrons. The van der Waals surface area contributed by atoms with Crippen molar-refractivity contribution in [2.45, 2.75) is 6.92 Å². The summed E-state index contributed by atoms with van der Waals surface area (Å²) in [5.74, 6) is 0. The Hall–Kier alpha value is -1.15. The van der Waals surface area contributed by atoms with Crippen molar-refractivity contribution >= 4 is 34.5 Å². The minimum atomic E-state index is 0.0708. The van der Waals surface area contributed by atoms with Crippen LogP contribution in [-0.4, -0.2) is 33.9 Å². The highest BCUT2D eigenvalue weighted by Gasteiger charge is 2.06. The Morgan fingerprint density at radius 1 is 1.59 bits per heavy atom. The van der Waals surface area contributed by atoms with Crippen molar-refractivity contribution in [1.29, 1.82) is 0 Å². The lowest BCUT2D eigenvalue weighted by molar-refractivity contribution is 0.294. The fourth-order valence-electron chi connectivity index (χ4n) is 1.53. The van der Waals surface area contributed by atoms with E-state index in [1.807, 2.05) is 29.7 Å². The van der Waals surface area contributed by atoms with Crippen molar-refractivity contribution in [2.24, 2.45) is 5.10 Å². The molecule has 0 atom stereocenters. The normalized spacial score (nSPS) is 11.5. The van der Waals surface area contributed by atoms with Gasteiger partial charge >= 0.3 is 0 Å². The second kappa shape index (κ2) is 5.46. The summed E-state index contributed by atoms with van der Waals surface area (Å²) in [6, 6.07) is 4.00. The van der Waals surface area contributed by atoms with E-state index in [0.29, 0.717) is 6.54 Å². The molecule has 2 N–H and O–H groups in total. The number of fused-ring (bicyclic) bond motifs is 1. The van der Waals surface area contributed by atoms with E-state index in [1.165, 1.54) is 0 Å². The van der Waals surface area contributed by atoms with Crippen LogP contribution in [0, 0.1) is 10.5 Å². The molecule has 0 saturated heterocycles. The van der Waals surface area contributed by atoms with Crippen LogP contribution in [-0.2, 0) is 0 Å². The van der Waals surface area contributed by atoms with Gasteiger partial charge in [-0.1, -0.05) is 0 Å². The van der Waals surface area contributed by atoms with E-state index in [2.05, 4.69) is 38.1 Å². The first kappa shape index (κ1) is 12.3. The van der Waals surface area contributed by atoms with Gasteiger partial charge in [0.25, 0.3) is 0 Å². The number of hydrogen-bond donors (Lipinski definition) is 2. The zero-order valence-electron chi connectivity index (χ0n) is 9.39. The highest BCUT2D eigenvalue weighted by Crippen LogP contribution is 2.13. The molecule has 0 aliphatic rings. The molecule has 0 radical (unpaired) electrons. The predicted molar refractivity (Wildman–Crippen MR) is 75.3 cm³/mol. The largest absolute Gasteiger partial charge is 0.394 e. The number of nitrogens with one attached hydrogen (secondary N) is 1. The van der Waals surface area contributed by atoms with Crippen LogP contribution >= 0.6 is 22.6 Å². The van der Waals surface area contributed by atoms with Crippen LogP contribution in [0.2, 0.25) is 0 Å². The molecule has 0 amide bonds. The number of pyridine rings is 1. The predicted octanol–water partition coefficient (Wildman–Crippen LogP) is 1.16. The zero-order valence-corrected chi connectivity index (χ0v) is 11.5. The number of nitrogens with zero attached hydrogens (tertiary/aromatic N) is 3. The lowest BCUT2D eigenvalue weighted by atomic mass is 10.4. The summed E-state index contributed by atoms with van der Waals surface area (Å²) in [5.41, 5.74) is 5.55. The molecule has 17 heavy (non-hydrogen) atoms. The molecular formula is C11H13IN4O. The summed E-state index contributed by atoms with van der Waals surface area (Å²) in [4.78, 5) is 4.44. The summed E-state index contributed by atoms with van der Waals surface area (Å²) in [7, 11) is 0. The van der Waals surface area contributed by atoms with Gasteiger partial charge in [0.05, 0.1) is 30.8 Å². The molecule has 2 rings (SSSR count). The molecule has 0 fully saturated rings. The Morgan fingerprint density at radius 3 is 3.18 bits per heavy atom. The standard InChI is InChI=1S/C11H13IN4O/c1-8-10(6-14-13-4-5-17)16-7-9(12)2-3-11(16)15-8/h2-3,6-7,13,17H,4-5H2,1H3. The second-order valence-corrected chi connectivity index (χ2v) is 4.79. The number of aromatic nitrogens is 2. The lowest BCUT2D eigenvalue weighted by Gasteiger charge is -1.98. The van der Waals surface area contributed by atoms with E-state index >= 15 is 0 Å². The van der Waals surface area contributed by atoms with Crippen molar-refractivity contribution in [3.63, 3.8) is 0 Å². The SMILES string of the molecule is Cc1nc2ccc(I)cn2c1C=NNCCO. The maximum Gasteiger partial charge on any atom is 0.137 e. The third-order valence-electron chi connectivity index (χ3n) is 2.31. The first-order chi connectivity index (χ1) is 8.22. The smallest absolute Gasteiger partial charge is 0.137 e. The summed E-state index contributed by atoms with van der Waals surface area (Å²) in [5, 5.41) is 12.7. The van der Waals surface area contributed by atoms with E-state index < -0.39 is 0 Å². The molecule has 0 aliphatic heterocycles. The molecule has 2 aromatic heterocycles.